The number of para-hydroxylation sites is 1. The number of aliphatic hydroxyl groups is 1. The van der Waals surface area contributed by atoms with Gasteiger partial charge >= 0.3 is 0 Å². The van der Waals surface area contributed by atoms with Gasteiger partial charge in [0.25, 0.3) is 5.91 Å². The van der Waals surface area contributed by atoms with E-state index in [2.05, 4.69) is 31.6 Å². The average molecular weight is 716 g/mol. The van der Waals surface area contributed by atoms with Gasteiger partial charge < -0.3 is 41.6 Å². The second-order valence-corrected chi connectivity index (χ2v) is 14.1. The standard InChI is InChI=1S/C38H49N7O7/c1-22(2)17-31-38(52)45-21-26(46)19-32(45)37(51)39-16-10-9-15-29(42-34(48)24-11-5-4-6-12-24)35(49)41-23(3)33(47)43-30(36(50)44-31)18-25-20-40-28-14-8-7-13-27(25)28/h4-8,11-14,20,22-23,26,29-32,40,46H,9-10,15-19,21H2,1-3H3,(H,39,51)(H,41,49)(H,42,48)(H,43,47)(H,44,50)/t23-,26-,29+,30+,31-,32+/m1/s1. The molecule has 6 amide bonds. The normalized spacial score (nSPS) is 25.6. The van der Waals surface area contributed by atoms with E-state index < -0.39 is 71.8 Å². The van der Waals surface area contributed by atoms with Crippen LogP contribution in [0.1, 0.15) is 68.8 Å². The highest BCUT2D eigenvalue weighted by Gasteiger charge is 2.42. The molecule has 0 spiro atoms. The summed E-state index contributed by atoms with van der Waals surface area (Å²) >= 11 is 0. The molecule has 2 aromatic carbocycles. The van der Waals surface area contributed by atoms with Crippen LogP contribution in [0, 0.1) is 5.92 Å². The van der Waals surface area contributed by atoms with E-state index in [1.165, 1.54) is 11.8 Å². The van der Waals surface area contributed by atoms with Gasteiger partial charge in [0.1, 0.15) is 30.2 Å². The molecule has 14 heteroatoms. The molecule has 0 saturated carbocycles. The van der Waals surface area contributed by atoms with Gasteiger partial charge in [0.05, 0.1) is 6.10 Å². The molecule has 278 valence electrons. The molecule has 3 heterocycles. The van der Waals surface area contributed by atoms with E-state index in [1.54, 1.807) is 36.5 Å². The first-order valence-corrected chi connectivity index (χ1v) is 18.0. The molecule has 2 saturated heterocycles. The lowest BCUT2D eigenvalue weighted by molar-refractivity contribution is -0.142. The van der Waals surface area contributed by atoms with Gasteiger partial charge in [-0.3, -0.25) is 28.8 Å². The fourth-order valence-corrected chi connectivity index (χ4v) is 6.78. The number of hydrogen-bond acceptors (Lipinski definition) is 7. The smallest absolute Gasteiger partial charge is 0.251 e. The monoisotopic (exact) mass is 715 g/mol. The van der Waals surface area contributed by atoms with E-state index in [4.69, 9.17) is 0 Å². The number of nitrogens with zero attached hydrogens (tertiary/aromatic N) is 1. The van der Waals surface area contributed by atoms with Crippen molar-refractivity contribution in [3.63, 3.8) is 0 Å². The third-order valence-electron chi connectivity index (χ3n) is 9.55. The Morgan fingerprint density at radius 1 is 0.885 bits per heavy atom. The van der Waals surface area contributed by atoms with Gasteiger partial charge in [-0.2, -0.15) is 0 Å². The SMILES string of the molecule is CC(C)C[C@H]1NC(=O)[C@H](Cc2c[nH]c3ccccc23)NC(=O)[C@@H](C)NC(=O)[C@@H](NC(=O)c2ccccc2)CCCCNC(=O)[C@@H]2C[C@@H](O)CN2C1=O. The number of aromatic nitrogens is 1. The third-order valence-corrected chi connectivity index (χ3v) is 9.55. The number of hydrogen-bond donors (Lipinski definition) is 7. The Morgan fingerprint density at radius 2 is 1.60 bits per heavy atom. The van der Waals surface area contributed by atoms with E-state index in [0.29, 0.717) is 18.4 Å². The maximum Gasteiger partial charge on any atom is 0.251 e. The zero-order chi connectivity index (χ0) is 37.4. The Kier molecular flexibility index (Phi) is 12.7. The Labute approximate surface area is 302 Å². The lowest BCUT2D eigenvalue weighted by atomic mass is 10.00. The van der Waals surface area contributed by atoms with Crippen LogP contribution >= 0.6 is 0 Å². The van der Waals surface area contributed by atoms with Crippen molar-refractivity contribution in [1.29, 1.82) is 0 Å². The summed E-state index contributed by atoms with van der Waals surface area (Å²) in [4.78, 5) is 86.4. The number of nitrogens with one attached hydrogen (secondary N) is 6. The number of carbonyl (C=O) groups excluding carboxylic acids is 6. The summed E-state index contributed by atoms with van der Waals surface area (Å²) in [6.45, 7) is 5.47. The van der Waals surface area contributed by atoms with Crippen LogP contribution in [0.4, 0.5) is 0 Å². The molecule has 6 atom stereocenters. The first-order valence-electron chi connectivity index (χ1n) is 18.0. The first kappa shape index (κ1) is 38.0. The molecule has 14 nitrogen and oxygen atoms in total. The number of aromatic amines is 1. The zero-order valence-electron chi connectivity index (χ0n) is 29.8. The van der Waals surface area contributed by atoms with Crippen LogP contribution in [-0.4, -0.2) is 99.8 Å². The van der Waals surface area contributed by atoms with Gasteiger partial charge in [-0.25, -0.2) is 0 Å². The summed E-state index contributed by atoms with van der Waals surface area (Å²) in [5.41, 5.74) is 1.96. The first-order chi connectivity index (χ1) is 24.9. The summed E-state index contributed by atoms with van der Waals surface area (Å²) < 4.78 is 0. The van der Waals surface area contributed by atoms with Gasteiger partial charge in [0, 0.05) is 48.6 Å². The number of fused-ring (bicyclic) bond motifs is 2. The maximum absolute atomic E-state index is 14.1. The Morgan fingerprint density at radius 3 is 2.35 bits per heavy atom. The predicted molar refractivity (Wildman–Crippen MR) is 194 cm³/mol. The van der Waals surface area contributed by atoms with E-state index in [0.717, 1.165) is 16.5 Å². The molecule has 2 aliphatic rings. The van der Waals surface area contributed by atoms with E-state index in [1.807, 2.05) is 38.1 Å². The quantitative estimate of drug-likeness (QED) is 0.199. The minimum absolute atomic E-state index is 0.0251. The van der Waals surface area contributed by atoms with Gasteiger partial charge in [0.15, 0.2) is 0 Å². The number of amides is 6. The number of benzene rings is 2. The van der Waals surface area contributed by atoms with Crippen molar-refractivity contribution in [1.82, 2.24) is 36.5 Å². The minimum atomic E-state index is -1.16. The molecule has 5 rings (SSSR count). The summed E-state index contributed by atoms with van der Waals surface area (Å²) in [6.07, 6.45) is 2.30. The molecular weight excluding hydrogens is 666 g/mol. The van der Waals surface area contributed by atoms with Crippen LogP contribution in [-0.2, 0) is 30.4 Å². The van der Waals surface area contributed by atoms with Crippen molar-refractivity contribution in [3.05, 3.63) is 71.9 Å². The molecule has 2 aliphatic heterocycles. The van der Waals surface area contributed by atoms with E-state index in [-0.39, 0.29) is 44.7 Å². The van der Waals surface area contributed by atoms with Gasteiger partial charge in [-0.15, -0.1) is 0 Å². The predicted octanol–water partition coefficient (Wildman–Crippen LogP) is 1.29. The third kappa shape index (κ3) is 9.55. The van der Waals surface area contributed by atoms with Crippen LogP contribution in [0.2, 0.25) is 0 Å². The Hall–Kier alpha value is -5.24. The van der Waals surface area contributed by atoms with Gasteiger partial charge in [-0.05, 0) is 62.3 Å². The molecule has 0 radical (unpaired) electrons. The van der Waals surface area contributed by atoms with Crippen molar-refractivity contribution in [2.24, 2.45) is 5.92 Å². The van der Waals surface area contributed by atoms with Crippen molar-refractivity contribution < 1.29 is 33.9 Å². The number of H-pyrrole nitrogens is 1. The second-order valence-electron chi connectivity index (χ2n) is 14.1. The van der Waals surface area contributed by atoms with Crippen LogP contribution in [0.3, 0.4) is 0 Å². The van der Waals surface area contributed by atoms with Gasteiger partial charge in [-0.1, -0.05) is 50.2 Å². The van der Waals surface area contributed by atoms with Gasteiger partial charge in [0.2, 0.25) is 29.5 Å². The number of rotatable bonds is 6. The Balaban J connectivity index is 1.45. The summed E-state index contributed by atoms with van der Waals surface area (Å²) in [6, 6.07) is 10.7. The number of carbonyl (C=O) groups is 6. The largest absolute Gasteiger partial charge is 0.391 e. The molecule has 1 aromatic heterocycles. The highest BCUT2D eigenvalue weighted by atomic mass is 16.3. The molecule has 0 bridgehead atoms. The molecule has 7 N–H and O–H groups in total. The zero-order valence-corrected chi connectivity index (χ0v) is 29.8. The summed E-state index contributed by atoms with van der Waals surface area (Å²) in [5.74, 6) is -3.24. The maximum atomic E-state index is 14.1. The average Bonchev–Trinajstić information content (AvgIpc) is 3.72. The Bertz CT molecular complexity index is 1760. The van der Waals surface area contributed by atoms with Crippen LogP contribution in [0.25, 0.3) is 10.9 Å². The molecule has 2 fully saturated rings. The van der Waals surface area contributed by atoms with Crippen LogP contribution < -0.4 is 26.6 Å². The van der Waals surface area contributed by atoms with Crippen molar-refractivity contribution >= 4 is 46.3 Å². The topological polar surface area (TPSA) is 202 Å². The molecule has 3 aromatic rings. The molecular formula is C38H49N7O7. The minimum Gasteiger partial charge on any atom is -0.391 e. The summed E-state index contributed by atoms with van der Waals surface area (Å²) in [7, 11) is 0. The van der Waals surface area contributed by atoms with Crippen molar-refractivity contribution in [2.75, 3.05) is 13.1 Å². The van der Waals surface area contributed by atoms with Crippen LogP contribution in [0.15, 0.2) is 60.8 Å². The number of aliphatic hydroxyl groups excluding tert-OH is 1. The van der Waals surface area contributed by atoms with Crippen LogP contribution in [0.5, 0.6) is 0 Å². The van der Waals surface area contributed by atoms with Crippen molar-refractivity contribution in [3.8, 4) is 0 Å². The molecule has 0 unspecified atom stereocenters. The molecule has 52 heavy (non-hydrogen) atoms. The highest BCUT2D eigenvalue weighted by molar-refractivity contribution is 5.99. The van der Waals surface area contributed by atoms with E-state index in [9.17, 15) is 33.9 Å². The van der Waals surface area contributed by atoms with E-state index >= 15 is 0 Å². The lowest BCUT2D eigenvalue weighted by Crippen LogP contribution is -2.59. The second kappa shape index (κ2) is 17.3. The lowest BCUT2D eigenvalue weighted by Gasteiger charge is -2.30. The molecule has 0 aliphatic carbocycles. The summed E-state index contributed by atoms with van der Waals surface area (Å²) in [5, 5.41) is 25.4. The fourth-order valence-electron chi connectivity index (χ4n) is 6.78. The highest BCUT2D eigenvalue weighted by Crippen LogP contribution is 2.23. The fraction of sp³-hybridized carbons (Fsp3) is 0.474. The van der Waals surface area contributed by atoms with Crippen molar-refractivity contribution in [2.45, 2.75) is 95.6 Å².